The Labute approximate surface area is 151 Å². The van der Waals surface area contributed by atoms with Crippen LogP contribution in [0.5, 0.6) is 0 Å². The Morgan fingerprint density at radius 2 is 1.17 bits per heavy atom. The summed E-state index contributed by atoms with van der Waals surface area (Å²) in [5.41, 5.74) is 0. The summed E-state index contributed by atoms with van der Waals surface area (Å²) in [7, 11) is 0. The quantitative estimate of drug-likeness (QED) is 0.207. The molecule has 0 spiro atoms. The van der Waals surface area contributed by atoms with Gasteiger partial charge in [0.15, 0.2) is 0 Å². The molecule has 0 aromatic carbocycles. The van der Waals surface area contributed by atoms with E-state index >= 15 is 0 Å². The summed E-state index contributed by atoms with van der Waals surface area (Å²) in [6.07, 6.45) is 24.0. The van der Waals surface area contributed by atoms with Crippen LogP contribution in [0.1, 0.15) is 117 Å². The second-order valence-corrected chi connectivity index (χ2v) is 7.20. The molecule has 1 atom stereocenters. The van der Waals surface area contributed by atoms with Crippen molar-refractivity contribution in [2.75, 3.05) is 0 Å². The van der Waals surface area contributed by atoms with Crippen molar-refractivity contribution in [3.8, 4) is 0 Å². The van der Waals surface area contributed by atoms with Crippen molar-refractivity contribution in [3.05, 3.63) is 12.2 Å². The van der Waals surface area contributed by atoms with E-state index in [9.17, 15) is 9.90 Å². The number of carbonyl (C=O) groups is 1. The fourth-order valence-corrected chi connectivity index (χ4v) is 3.13. The molecule has 2 nitrogen and oxygen atoms in total. The molecule has 0 aliphatic heterocycles. The normalized spacial score (nSPS) is 12.8. The van der Waals surface area contributed by atoms with Crippen LogP contribution in [0.15, 0.2) is 12.2 Å². The molecule has 0 aromatic heterocycles. The molecule has 2 heteroatoms. The van der Waals surface area contributed by atoms with Crippen molar-refractivity contribution >= 4 is 5.97 Å². The largest absolute Gasteiger partial charge is 0.481 e. The third kappa shape index (κ3) is 16.1. The Hall–Kier alpha value is -0.790. The molecule has 0 fully saturated rings. The van der Waals surface area contributed by atoms with Gasteiger partial charge in [0.25, 0.3) is 0 Å². The molecule has 0 aromatic rings. The van der Waals surface area contributed by atoms with Gasteiger partial charge in [-0.3, -0.25) is 4.79 Å². The highest BCUT2D eigenvalue weighted by Gasteiger charge is 2.15. The number of hydrogen-bond donors (Lipinski definition) is 1. The molecule has 0 bridgehead atoms. The predicted octanol–water partition coefficient (Wildman–Crippen LogP) is 7.52. The number of hydrogen-bond acceptors (Lipinski definition) is 1. The zero-order valence-electron chi connectivity index (χ0n) is 16.4. The van der Waals surface area contributed by atoms with E-state index in [1.165, 1.54) is 70.6 Å². The highest BCUT2D eigenvalue weighted by atomic mass is 16.4. The molecule has 0 aliphatic carbocycles. The summed E-state index contributed by atoms with van der Waals surface area (Å²) in [5.74, 6) is -0.705. The zero-order valence-corrected chi connectivity index (χ0v) is 16.4. The van der Waals surface area contributed by atoms with Gasteiger partial charge < -0.3 is 5.11 Å². The van der Waals surface area contributed by atoms with Crippen molar-refractivity contribution in [2.45, 2.75) is 117 Å². The number of allylic oxidation sites excluding steroid dienone is 2. The lowest BCUT2D eigenvalue weighted by atomic mass is 9.95. The average Bonchev–Trinajstić information content (AvgIpc) is 2.57. The third-order valence-electron chi connectivity index (χ3n) is 4.82. The van der Waals surface area contributed by atoms with Crippen LogP contribution in [0, 0.1) is 5.92 Å². The lowest BCUT2D eigenvalue weighted by molar-refractivity contribution is -0.142. The van der Waals surface area contributed by atoms with Crippen molar-refractivity contribution in [2.24, 2.45) is 5.92 Å². The summed E-state index contributed by atoms with van der Waals surface area (Å²) in [4.78, 5) is 11.2. The summed E-state index contributed by atoms with van der Waals surface area (Å²) < 4.78 is 0. The lowest BCUT2D eigenvalue weighted by Gasteiger charge is -2.11. The van der Waals surface area contributed by atoms with Gasteiger partial charge in [0.2, 0.25) is 0 Å². The zero-order chi connectivity index (χ0) is 17.9. The number of unbranched alkanes of at least 4 members (excludes halogenated alkanes) is 11. The van der Waals surface area contributed by atoms with Gasteiger partial charge in [-0.15, -0.1) is 0 Å². The van der Waals surface area contributed by atoms with E-state index in [4.69, 9.17) is 0 Å². The Morgan fingerprint density at radius 1 is 0.708 bits per heavy atom. The molecule has 0 rings (SSSR count). The van der Waals surface area contributed by atoms with Crippen LogP contribution in [0.4, 0.5) is 0 Å². The lowest BCUT2D eigenvalue weighted by Crippen LogP contribution is -2.13. The molecular weight excluding hydrogens is 296 g/mol. The minimum absolute atomic E-state index is 0.109. The first kappa shape index (κ1) is 23.2. The van der Waals surface area contributed by atoms with Gasteiger partial charge in [-0.25, -0.2) is 0 Å². The van der Waals surface area contributed by atoms with Crippen LogP contribution in [0.3, 0.4) is 0 Å². The molecule has 24 heavy (non-hydrogen) atoms. The van der Waals surface area contributed by atoms with E-state index in [1.54, 1.807) is 0 Å². The fraction of sp³-hybridized carbons (Fsp3) is 0.864. The highest BCUT2D eigenvalue weighted by Crippen LogP contribution is 2.18. The molecule has 0 heterocycles. The summed E-state index contributed by atoms with van der Waals surface area (Å²) in [5, 5.41) is 9.19. The Bertz CT molecular complexity index is 296. The maximum Gasteiger partial charge on any atom is 0.306 e. The Balaban J connectivity index is 3.37. The van der Waals surface area contributed by atoms with E-state index in [0.29, 0.717) is 0 Å². The van der Waals surface area contributed by atoms with E-state index in [-0.39, 0.29) is 5.92 Å². The Morgan fingerprint density at radius 3 is 1.71 bits per heavy atom. The second-order valence-electron chi connectivity index (χ2n) is 7.20. The molecule has 0 saturated carbocycles. The van der Waals surface area contributed by atoms with Crippen molar-refractivity contribution in [3.63, 3.8) is 0 Å². The maximum absolute atomic E-state index is 11.2. The molecule has 0 amide bonds. The standard InChI is InChI=1S/C22H42O2/c1-3-5-7-8-9-10-11-12-13-14-15-16-17-18-20-21(22(23)24)19-6-4-2/h12-13,21H,3-11,14-20H2,1-2H3,(H,23,24). The van der Waals surface area contributed by atoms with E-state index < -0.39 is 5.97 Å². The minimum Gasteiger partial charge on any atom is -0.481 e. The van der Waals surface area contributed by atoms with Gasteiger partial charge >= 0.3 is 5.97 Å². The summed E-state index contributed by atoms with van der Waals surface area (Å²) in [6, 6.07) is 0. The monoisotopic (exact) mass is 338 g/mol. The smallest absolute Gasteiger partial charge is 0.306 e. The van der Waals surface area contributed by atoms with Gasteiger partial charge in [-0.05, 0) is 38.5 Å². The first-order valence-corrected chi connectivity index (χ1v) is 10.6. The molecular formula is C22H42O2. The van der Waals surface area contributed by atoms with Crippen molar-refractivity contribution in [1.82, 2.24) is 0 Å². The SMILES string of the molecule is CCCCCCCCC=CCCCCCCC(CCCC)C(=O)O. The van der Waals surface area contributed by atoms with E-state index in [2.05, 4.69) is 26.0 Å². The van der Waals surface area contributed by atoms with Gasteiger partial charge in [0, 0.05) is 0 Å². The number of carboxylic acids is 1. The minimum atomic E-state index is -0.596. The second kappa shape index (κ2) is 18.5. The van der Waals surface area contributed by atoms with Gasteiger partial charge in [-0.1, -0.05) is 90.2 Å². The topological polar surface area (TPSA) is 37.3 Å². The summed E-state index contributed by atoms with van der Waals surface area (Å²) in [6.45, 7) is 4.39. The number of rotatable bonds is 18. The van der Waals surface area contributed by atoms with E-state index in [0.717, 1.165) is 32.1 Å². The third-order valence-corrected chi connectivity index (χ3v) is 4.82. The van der Waals surface area contributed by atoms with Crippen LogP contribution in [-0.2, 0) is 4.79 Å². The van der Waals surface area contributed by atoms with Gasteiger partial charge in [-0.2, -0.15) is 0 Å². The number of aliphatic carboxylic acids is 1. The van der Waals surface area contributed by atoms with Crippen molar-refractivity contribution < 1.29 is 9.90 Å². The van der Waals surface area contributed by atoms with Crippen LogP contribution in [0.2, 0.25) is 0 Å². The van der Waals surface area contributed by atoms with E-state index in [1.807, 2.05) is 0 Å². The highest BCUT2D eigenvalue weighted by molar-refractivity contribution is 5.69. The first-order valence-electron chi connectivity index (χ1n) is 10.6. The summed E-state index contributed by atoms with van der Waals surface area (Å²) >= 11 is 0. The first-order chi connectivity index (χ1) is 11.7. The molecule has 1 unspecified atom stereocenters. The van der Waals surface area contributed by atoms with Crippen LogP contribution in [0.25, 0.3) is 0 Å². The maximum atomic E-state index is 11.2. The molecule has 0 aliphatic rings. The number of carboxylic acid groups (broad SMARTS) is 1. The van der Waals surface area contributed by atoms with Crippen molar-refractivity contribution in [1.29, 1.82) is 0 Å². The molecule has 0 radical (unpaired) electrons. The Kier molecular flexibility index (Phi) is 17.9. The predicted molar refractivity (Wildman–Crippen MR) is 105 cm³/mol. The molecule has 142 valence electrons. The van der Waals surface area contributed by atoms with Crippen LogP contribution >= 0.6 is 0 Å². The molecule has 1 N–H and O–H groups in total. The van der Waals surface area contributed by atoms with Crippen LogP contribution < -0.4 is 0 Å². The van der Waals surface area contributed by atoms with Gasteiger partial charge in [0.05, 0.1) is 5.92 Å². The van der Waals surface area contributed by atoms with Gasteiger partial charge in [0.1, 0.15) is 0 Å². The van der Waals surface area contributed by atoms with Crippen LogP contribution in [-0.4, -0.2) is 11.1 Å². The average molecular weight is 339 g/mol. The fourth-order valence-electron chi connectivity index (χ4n) is 3.13. The molecule has 0 saturated heterocycles.